The summed E-state index contributed by atoms with van der Waals surface area (Å²) < 4.78 is 6.30. The zero-order valence-corrected chi connectivity index (χ0v) is 16.9. The summed E-state index contributed by atoms with van der Waals surface area (Å²) in [5.74, 6) is 0.717. The molecule has 0 atom stereocenters. The molecule has 6 heteroatoms. The number of benzene rings is 2. The molecule has 2 aromatic carbocycles. The third kappa shape index (κ3) is 4.46. The number of ether oxygens (including phenoxy) is 1. The molecule has 0 saturated carbocycles. The minimum atomic E-state index is -0.0248. The topological polar surface area (TPSA) is 46.9 Å². The Labute approximate surface area is 164 Å². The molecule has 5 nitrogen and oxygen atoms in total. The zero-order valence-electron chi connectivity index (χ0n) is 16.1. The lowest BCUT2D eigenvalue weighted by molar-refractivity contribution is -0.894. The first kappa shape index (κ1) is 19.3. The average molecular weight is 385 g/mol. The molecule has 0 saturated heterocycles. The summed E-state index contributed by atoms with van der Waals surface area (Å²) >= 11 is 1.56. The number of para-hydroxylation sites is 1. The van der Waals surface area contributed by atoms with Crippen molar-refractivity contribution in [2.24, 2.45) is 0 Å². The highest BCUT2D eigenvalue weighted by Gasteiger charge is 2.22. The molecule has 1 aromatic heterocycles. The Balaban J connectivity index is 1.91. The predicted octanol–water partition coefficient (Wildman–Crippen LogP) is 2.88. The van der Waals surface area contributed by atoms with E-state index in [0.717, 1.165) is 40.7 Å². The number of nitrogens with zero attached hydrogens (tertiary/aromatic N) is 2. The van der Waals surface area contributed by atoms with Crippen LogP contribution in [-0.4, -0.2) is 44.2 Å². The molecule has 0 radical (unpaired) electrons. The van der Waals surface area contributed by atoms with Gasteiger partial charge in [-0.2, -0.15) is 0 Å². The molecule has 27 heavy (non-hydrogen) atoms. The number of carbonyl (C=O) groups excluding carboxylic acids is 1. The van der Waals surface area contributed by atoms with Crippen molar-refractivity contribution in [1.82, 2.24) is 4.98 Å². The predicted molar refractivity (Wildman–Crippen MR) is 111 cm³/mol. The Morgan fingerprint density at radius 1 is 1.11 bits per heavy atom. The van der Waals surface area contributed by atoms with Crippen LogP contribution >= 0.6 is 11.3 Å². The van der Waals surface area contributed by atoms with Crippen LogP contribution in [0.15, 0.2) is 48.5 Å². The second kappa shape index (κ2) is 8.97. The van der Waals surface area contributed by atoms with Crippen LogP contribution in [0.3, 0.4) is 0 Å². The van der Waals surface area contributed by atoms with E-state index < -0.39 is 0 Å². The van der Waals surface area contributed by atoms with Crippen LogP contribution in [0, 0.1) is 0 Å². The molecule has 0 aliphatic carbocycles. The number of rotatable bonds is 8. The molecule has 0 aliphatic rings. The molecule has 3 rings (SSSR count). The summed E-state index contributed by atoms with van der Waals surface area (Å²) in [5, 5.41) is 0.753. The van der Waals surface area contributed by atoms with Crippen molar-refractivity contribution in [2.75, 3.05) is 38.2 Å². The van der Waals surface area contributed by atoms with Gasteiger partial charge in [-0.05, 0) is 50.2 Å². The monoisotopic (exact) mass is 384 g/mol. The number of carbonyl (C=O) groups is 1. The average Bonchev–Trinajstić information content (AvgIpc) is 3.14. The maximum absolute atomic E-state index is 13.3. The molecule has 0 fully saturated rings. The molecule has 1 N–H and O–H groups in total. The molecular weight excluding hydrogens is 358 g/mol. The lowest BCUT2D eigenvalue weighted by atomic mass is 10.2. The number of hydrogen-bond donors (Lipinski definition) is 1. The number of aromatic nitrogens is 1. The third-order valence-electron chi connectivity index (χ3n) is 4.78. The van der Waals surface area contributed by atoms with E-state index >= 15 is 0 Å². The van der Waals surface area contributed by atoms with Gasteiger partial charge in [0.05, 0.1) is 43.5 Å². The van der Waals surface area contributed by atoms with Crippen LogP contribution in [-0.2, 0) is 0 Å². The molecule has 142 valence electrons. The van der Waals surface area contributed by atoms with Crippen LogP contribution in [0.1, 0.15) is 24.2 Å². The molecule has 1 amide bonds. The number of anilines is 1. The molecule has 0 aliphatic heterocycles. The van der Waals surface area contributed by atoms with Gasteiger partial charge < -0.3 is 9.64 Å². The zero-order chi connectivity index (χ0) is 19.2. The Hall–Kier alpha value is -2.44. The van der Waals surface area contributed by atoms with Gasteiger partial charge in [0.25, 0.3) is 5.91 Å². The fraction of sp³-hybridized carbons (Fsp3) is 0.333. The summed E-state index contributed by atoms with van der Waals surface area (Å²) in [5.41, 5.74) is 1.57. The SMILES string of the molecule is CC[NH+](CC)CCN(C(=O)c1ccc(OC)cc1)c1nc2ccccc2s1. The fourth-order valence-corrected chi connectivity index (χ4v) is 4.01. The van der Waals surface area contributed by atoms with Crippen molar-refractivity contribution in [2.45, 2.75) is 13.8 Å². The summed E-state index contributed by atoms with van der Waals surface area (Å²) in [7, 11) is 1.62. The number of likely N-dealkylation sites (N-methyl/N-ethyl adjacent to an activating group) is 1. The smallest absolute Gasteiger partial charge is 0.260 e. The van der Waals surface area contributed by atoms with E-state index in [1.807, 2.05) is 53.4 Å². The van der Waals surface area contributed by atoms with E-state index in [0.29, 0.717) is 12.1 Å². The maximum Gasteiger partial charge on any atom is 0.260 e. The van der Waals surface area contributed by atoms with Crippen LogP contribution < -0.4 is 14.5 Å². The number of methoxy groups -OCH3 is 1. The van der Waals surface area contributed by atoms with Crippen LogP contribution in [0.4, 0.5) is 5.13 Å². The number of thiazole rings is 1. The van der Waals surface area contributed by atoms with Crippen LogP contribution in [0.2, 0.25) is 0 Å². The summed E-state index contributed by atoms with van der Waals surface area (Å²) in [6, 6.07) is 15.3. The lowest BCUT2D eigenvalue weighted by Crippen LogP contribution is -3.12. The first-order valence-electron chi connectivity index (χ1n) is 9.31. The van der Waals surface area contributed by atoms with Gasteiger partial charge in [-0.3, -0.25) is 9.69 Å². The van der Waals surface area contributed by atoms with E-state index in [9.17, 15) is 4.79 Å². The number of nitrogens with one attached hydrogen (secondary N) is 1. The van der Waals surface area contributed by atoms with Crippen molar-refractivity contribution < 1.29 is 14.4 Å². The van der Waals surface area contributed by atoms with Gasteiger partial charge in [-0.1, -0.05) is 23.5 Å². The molecular formula is C21H26N3O2S+. The number of amides is 1. The highest BCUT2D eigenvalue weighted by atomic mass is 32.1. The summed E-state index contributed by atoms with van der Waals surface area (Å²) in [6.07, 6.45) is 0. The van der Waals surface area contributed by atoms with Crippen molar-refractivity contribution in [3.8, 4) is 5.75 Å². The van der Waals surface area contributed by atoms with Crippen molar-refractivity contribution in [1.29, 1.82) is 0 Å². The van der Waals surface area contributed by atoms with Gasteiger partial charge >= 0.3 is 0 Å². The van der Waals surface area contributed by atoms with E-state index in [1.54, 1.807) is 18.4 Å². The summed E-state index contributed by atoms with van der Waals surface area (Å²) in [4.78, 5) is 21.2. The molecule has 0 spiro atoms. The maximum atomic E-state index is 13.3. The lowest BCUT2D eigenvalue weighted by Gasteiger charge is -2.23. The Morgan fingerprint density at radius 2 is 1.81 bits per heavy atom. The third-order valence-corrected chi connectivity index (χ3v) is 5.84. The fourth-order valence-electron chi connectivity index (χ4n) is 3.02. The first-order chi connectivity index (χ1) is 13.2. The standard InChI is InChI=1S/C21H25N3O2S/c1-4-23(5-2)14-15-24(20(25)16-10-12-17(26-3)13-11-16)21-22-18-8-6-7-9-19(18)27-21/h6-13H,4-5,14-15H2,1-3H3/p+1. The number of hydrogen-bond acceptors (Lipinski definition) is 4. The normalized spacial score (nSPS) is 11.1. The Kier molecular flexibility index (Phi) is 6.42. The molecule has 0 bridgehead atoms. The van der Waals surface area contributed by atoms with Crippen molar-refractivity contribution >= 4 is 32.6 Å². The van der Waals surface area contributed by atoms with E-state index in [4.69, 9.17) is 9.72 Å². The number of quaternary nitrogens is 1. The number of fused-ring (bicyclic) bond motifs is 1. The van der Waals surface area contributed by atoms with Gasteiger partial charge in [0, 0.05) is 5.56 Å². The van der Waals surface area contributed by atoms with Gasteiger partial charge in [0.2, 0.25) is 0 Å². The Bertz CT molecular complexity index is 855. The van der Waals surface area contributed by atoms with Gasteiger partial charge in [0.1, 0.15) is 5.75 Å². The minimum absolute atomic E-state index is 0.0248. The van der Waals surface area contributed by atoms with Gasteiger partial charge in [-0.15, -0.1) is 0 Å². The highest BCUT2D eigenvalue weighted by Crippen LogP contribution is 2.29. The Morgan fingerprint density at radius 3 is 2.44 bits per heavy atom. The minimum Gasteiger partial charge on any atom is -0.497 e. The largest absolute Gasteiger partial charge is 0.497 e. The summed E-state index contributed by atoms with van der Waals surface area (Å²) in [6.45, 7) is 7.96. The second-order valence-corrected chi connectivity index (χ2v) is 7.37. The van der Waals surface area contributed by atoms with Gasteiger partial charge in [0.15, 0.2) is 5.13 Å². The molecule has 0 unspecified atom stereocenters. The van der Waals surface area contributed by atoms with E-state index in [1.165, 1.54) is 4.90 Å². The second-order valence-electron chi connectivity index (χ2n) is 6.36. The van der Waals surface area contributed by atoms with E-state index in [2.05, 4.69) is 13.8 Å². The van der Waals surface area contributed by atoms with Crippen LogP contribution in [0.5, 0.6) is 5.75 Å². The molecule has 1 heterocycles. The van der Waals surface area contributed by atoms with E-state index in [-0.39, 0.29) is 5.91 Å². The highest BCUT2D eigenvalue weighted by molar-refractivity contribution is 7.22. The first-order valence-corrected chi connectivity index (χ1v) is 10.1. The van der Waals surface area contributed by atoms with Crippen LogP contribution in [0.25, 0.3) is 10.2 Å². The van der Waals surface area contributed by atoms with Crippen molar-refractivity contribution in [3.63, 3.8) is 0 Å². The molecule has 3 aromatic rings. The van der Waals surface area contributed by atoms with Gasteiger partial charge in [-0.25, -0.2) is 4.98 Å². The quantitative estimate of drug-likeness (QED) is 0.650. The van der Waals surface area contributed by atoms with Crippen molar-refractivity contribution in [3.05, 3.63) is 54.1 Å².